The third-order valence-corrected chi connectivity index (χ3v) is 4.42. The Balaban J connectivity index is 1.80. The second-order valence-corrected chi connectivity index (χ2v) is 6.47. The number of amides is 2. The summed E-state index contributed by atoms with van der Waals surface area (Å²) in [5.74, 6) is -0.0662. The van der Waals surface area contributed by atoms with Crippen molar-refractivity contribution < 1.29 is 33.3 Å². The second-order valence-electron chi connectivity index (χ2n) is 6.47. The number of para-hydroxylation sites is 1. The van der Waals surface area contributed by atoms with Gasteiger partial charge in [-0.3, -0.25) is 14.4 Å². The fraction of sp³-hybridized carbons (Fsp3) is 0.318. The van der Waals surface area contributed by atoms with Gasteiger partial charge in [0.15, 0.2) is 18.1 Å². The molecule has 0 aromatic heterocycles. The molecule has 2 aromatic rings. The second kappa shape index (κ2) is 11.4. The molecule has 0 fully saturated rings. The molecule has 9 heteroatoms. The fourth-order valence-corrected chi connectivity index (χ4v) is 2.71. The van der Waals surface area contributed by atoms with Gasteiger partial charge in [0.25, 0.3) is 11.8 Å². The summed E-state index contributed by atoms with van der Waals surface area (Å²) in [4.78, 5) is 37.8. The van der Waals surface area contributed by atoms with Crippen LogP contribution in [0.2, 0.25) is 0 Å². The van der Waals surface area contributed by atoms with Gasteiger partial charge in [0.1, 0.15) is 12.3 Å². The maximum atomic E-state index is 12.2. The number of hydrogen-bond acceptors (Lipinski definition) is 7. The number of nitrogens with zero attached hydrogens (tertiary/aromatic N) is 1. The number of methoxy groups -OCH3 is 3. The average molecular weight is 430 g/mol. The van der Waals surface area contributed by atoms with Gasteiger partial charge in [-0.1, -0.05) is 18.2 Å². The molecule has 31 heavy (non-hydrogen) atoms. The van der Waals surface area contributed by atoms with Crippen LogP contribution in [0.25, 0.3) is 0 Å². The van der Waals surface area contributed by atoms with Crippen LogP contribution in [0.3, 0.4) is 0 Å². The van der Waals surface area contributed by atoms with Crippen molar-refractivity contribution in [3.05, 3.63) is 53.6 Å². The summed E-state index contributed by atoms with van der Waals surface area (Å²) in [5.41, 5.74) is 1.12. The lowest BCUT2D eigenvalue weighted by atomic mass is 10.2. The Kier molecular flexibility index (Phi) is 8.68. The molecule has 2 aromatic carbocycles. The van der Waals surface area contributed by atoms with Gasteiger partial charge in [-0.25, -0.2) is 0 Å². The molecule has 0 spiro atoms. The Morgan fingerprint density at radius 1 is 0.903 bits per heavy atom. The zero-order valence-corrected chi connectivity index (χ0v) is 18.0. The van der Waals surface area contributed by atoms with Crippen molar-refractivity contribution in [2.45, 2.75) is 6.54 Å². The summed E-state index contributed by atoms with van der Waals surface area (Å²) < 4.78 is 20.5. The number of ether oxygens (including phenoxy) is 4. The molecule has 0 unspecified atom stereocenters. The van der Waals surface area contributed by atoms with Gasteiger partial charge in [-0.2, -0.15) is 0 Å². The lowest BCUT2D eigenvalue weighted by Gasteiger charge is -2.18. The summed E-state index contributed by atoms with van der Waals surface area (Å²) in [6.07, 6.45) is 0. The molecule has 2 amide bonds. The minimum absolute atomic E-state index is 0.290. The molecule has 0 aliphatic carbocycles. The van der Waals surface area contributed by atoms with Crippen LogP contribution in [-0.2, 0) is 20.9 Å². The van der Waals surface area contributed by atoms with Crippen molar-refractivity contribution >= 4 is 17.8 Å². The first-order valence-electron chi connectivity index (χ1n) is 9.41. The van der Waals surface area contributed by atoms with Crippen LogP contribution in [0.1, 0.15) is 15.9 Å². The van der Waals surface area contributed by atoms with Crippen LogP contribution in [-0.4, -0.2) is 64.2 Å². The summed E-state index contributed by atoms with van der Waals surface area (Å²) in [6.45, 7) is -0.510. The standard InChI is InChI=1S/C22H26N2O7/c1-24(13-16-7-5-6-8-17(16)28-2)20(25)14-31-21(26)12-23-22(27)15-9-10-18(29-3)19(11-15)30-4/h5-11H,12-14H2,1-4H3,(H,23,27). The first-order valence-corrected chi connectivity index (χ1v) is 9.41. The van der Waals surface area contributed by atoms with E-state index in [0.717, 1.165) is 5.56 Å². The van der Waals surface area contributed by atoms with E-state index in [1.807, 2.05) is 18.2 Å². The van der Waals surface area contributed by atoms with Crippen molar-refractivity contribution in [3.63, 3.8) is 0 Å². The van der Waals surface area contributed by atoms with E-state index in [4.69, 9.17) is 18.9 Å². The zero-order chi connectivity index (χ0) is 22.8. The molecule has 0 aliphatic heterocycles. The maximum absolute atomic E-state index is 12.2. The Labute approximate surface area is 180 Å². The van der Waals surface area contributed by atoms with Crippen LogP contribution < -0.4 is 19.5 Å². The first-order chi connectivity index (χ1) is 14.9. The molecule has 1 N–H and O–H groups in total. The molecule has 0 aliphatic rings. The zero-order valence-electron chi connectivity index (χ0n) is 18.0. The molecule has 166 valence electrons. The number of nitrogens with one attached hydrogen (secondary N) is 1. The van der Waals surface area contributed by atoms with Crippen LogP contribution in [0.5, 0.6) is 17.2 Å². The van der Waals surface area contributed by atoms with Gasteiger partial charge in [0.05, 0.1) is 21.3 Å². The number of carbonyl (C=O) groups excluding carboxylic acids is 3. The molecular weight excluding hydrogens is 404 g/mol. The van der Waals surface area contributed by atoms with Crippen LogP contribution >= 0.6 is 0 Å². The number of likely N-dealkylation sites (N-methyl/N-ethyl adjacent to an activating group) is 1. The predicted molar refractivity (Wildman–Crippen MR) is 112 cm³/mol. The first kappa shape index (κ1) is 23.5. The fourth-order valence-electron chi connectivity index (χ4n) is 2.71. The molecular formula is C22H26N2O7. The molecule has 0 radical (unpaired) electrons. The van der Waals surface area contributed by atoms with Crippen molar-refractivity contribution in [2.75, 3.05) is 41.5 Å². The van der Waals surface area contributed by atoms with Crippen molar-refractivity contribution in [1.82, 2.24) is 10.2 Å². The predicted octanol–water partition coefficient (Wildman–Crippen LogP) is 1.64. The van der Waals surface area contributed by atoms with Gasteiger partial charge in [-0.15, -0.1) is 0 Å². The van der Waals surface area contributed by atoms with E-state index in [1.165, 1.54) is 25.2 Å². The Morgan fingerprint density at radius 3 is 2.26 bits per heavy atom. The Morgan fingerprint density at radius 2 is 1.58 bits per heavy atom. The van der Waals surface area contributed by atoms with Crippen LogP contribution in [0.4, 0.5) is 0 Å². The SMILES string of the molecule is COc1ccccc1CN(C)C(=O)COC(=O)CNC(=O)c1ccc(OC)c(OC)c1. The number of esters is 1. The highest BCUT2D eigenvalue weighted by Gasteiger charge is 2.16. The topological polar surface area (TPSA) is 103 Å². The third-order valence-electron chi connectivity index (χ3n) is 4.42. The monoisotopic (exact) mass is 430 g/mol. The van der Waals surface area contributed by atoms with Crippen LogP contribution in [0, 0.1) is 0 Å². The van der Waals surface area contributed by atoms with Crippen molar-refractivity contribution in [2.24, 2.45) is 0 Å². The van der Waals surface area contributed by atoms with Gasteiger partial charge in [0.2, 0.25) is 0 Å². The van der Waals surface area contributed by atoms with Crippen LogP contribution in [0.15, 0.2) is 42.5 Å². The smallest absolute Gasteiger partial charge is 0.325 e. The van der Waals surface area contributed by atoms with E-state index in [0.29, 0.717) is 23.8 Å². The van der Waals surface area contributed by atoms with E-state index in [2.05, 4.69) is 5.32 Å². The summed E-state index contributed by atoms with van der Waals surface area (Å²) in [7, 11) is 6.10. The molecule has 0 heterocycles. The quantitative estimate of drug-likeness (QED) is 0.572. The number of rotatable bonds is 10. The normalized spacial score (nSPS) is 10.1. The summed E-state index contributed by atoms with van der Waals surface area (Å²) in [5, 5.41) is 2.44. The highest BCUT2D eigenvalue weighted by atomic mass is 16.5. The molecule has 0 saturated carbocycles. The maximum Gasteiger partial charge on any atom is 0.325 e. The number of carbonyl (C=O) groups is 3. The minimum atomic E-state index is -0.729. The van der Waals surface area contributed by atoms with Crippen molar-refractivity contribution in [3.8, 4) is 17.2 Å². The molecule has 2 rings (SSSR count). The third kappa shape index (κ3) is 6.63. The summed E-state index contributed by atoms with van der Waals surface area (Å²) in [6, 6.07) is 11.9. The molecule has 0 saturated heterocycles. The van der Waals surface area contributed by atoms with Gasteiger partial charge in [-0.05, 0) is 24.3 Å². The van der Waals surface area contributed by atoms with Crippen molar-refractivity contribution in [1.29, 1.82) is 0 Å². The minimum Gasteiger partial charge on any atom is -0.496 e. The lowest BCUT2D eigenvalue weighted by molar-refractivity contribution is -0.150. The van der Waals surface area contributed by atoms with E-state index in [1.54, 1.807) is 32.4 Å². The molecule has 0 atom stereocenters. The average Bonchev–Trinajstić information content (AvgIpc) is 2.80. The van der Waals surface area contributed by atoms with E-state index >= 15 is 0 Å². The summed E-state index contributed by atoms with van der Waals surface area (Å²) >= 11 is 0. The Bertz CT molecular complexity index is 930. The van der Waals surface area contributed by atoms with Gasteiger partial charge in [0, 0.05) is 24.7 Å². The van der Waals surface area contributed by atoms with Gasteiger partial charge < -0.3 is 29.2 Å². The van der Waals surface area contributed by atoms with E-state index in [9.17, 15) is 14.4 Å². The number of benzene rings is 2. The largest absolute Gasteiger partial charge is 0.496 e. The highest BCUT2D eigenvalue weighted by Crippen LogP contribution is 2.27. The number of hydrogen-bond donors (Lipinski definition) is 1. The molecule has 9 nitrogen and oxygen atoms in total. The van der Waals surface area contributed by atoms with Gasteiger partial charge >= 0.3 is 5.97 Å². The molecule has 0 bridgehead atoms. The lowest BCUT2D eigenvalue weighted by Crippen LogP contribution is -2.34. The van der Waals surface area contributed by atoms with E-state index in [-0.39, 0.29) is 18.0 Å². The van der Waals surface area contributed by atoms with E-state index < -0.39 is 18.5 Å². The Hall–Kier alpha value is -3.75. The highest BCUT2D eigenvalue weighted by molar-refractivity contribution is 5.96.